The Morgan fingerprint density at radius 3 is 2.11 bits per heavy atom. The Labute approximate surface area is 170 Å². The Morgan fingerprint density at radius 1 is 0.964 bits per heavy atom. The number of carbonyl (C=O) groups is 1. The van der Waals surface area contributed by atoms with Crippen molar-refractivity contribution in [3.05, 3.63) is 0 Å². The number of unbranched alkanes of at least 4 members (excludes halogenated alkanes) is 7. The number of esters is 1. The highest BCUT2D eigenvalue weighted by molar-refractivity contribution is 7.47. The lowest BCUT2D eigenvalue weighted by Crippen LogP contribution is -2.37. The van der Waals surface area contributed by atoms with Crippen LogP contribution >= 0.6 is 7.82 Å². The average Bonchev–Trinajstić information content (AvgIpc) is 2.59. The molecule has 0 heterocycles. The molecule has 0 fully saturated rings. The summed E-state index contributed by atoms with van der Waals surface area (Å²) in [7, 11) is 1.56. The van der Waals surface area contributed by atoms with E-state index in [-0.39, 0.29) is 19.2 Å². The van der Waals surface area contributed by atoms with Crippen LogP contribution in [0, 0.1) is 0 Å². The molecule has 0 aromatic carbocycles. The minimum absolute atomic E-state index is 0.0565. The van der Waals surface area contributed by atoms with Crippen LogP contribution in [0.2, 0.25) is 0 Å². The van der Waals surface area contributed by atoms with Gasteiger partial charge in [-0.05, 0) is 6.42 Å². The van der Waals surface area contributed by atoms with Crippen molar-refractivity contribution in [2.45, 2.75) is 70.8 Å². The fourth-order valence-corrected chi connectivity index (χ4v) is 3.11. The maximum Gasteiger partial charge on any atom is 0.472 e. The molecule has 1 unspecified atom stereocenters. The molecular formula is C19H41NO7P+. The van der Waals surface area contributed by atoms with Gasteiger partial charge in [-0.3, -0.25) is 13.8 Å². The summed E-state index contributed by atoms with van der Waals surface area (Å²) in [6.07, 6.45) is 8.26. The highest BCUT2D eigenvalue weighted by Gasteiger charge is 2.24. The molecule has 0 saturated heterocycles. The summed E-state index contributed by atoms with van der Waals surface area (Å²) in [5, 5.41) is 9.74. The van der Waals surface area contributed by atoms with E-state index in [1.807, 2.05) is 21.1 Å². The van der Waals surface area contributed by atoms with E-state index in [4.69, 9.17) is 13.8 Å². The summed E-state index contributed by atoms with van der Waals surface area (Å²) in [4.78, 5) is 21.2. The molecule has 9 heteroatoms. The summed E-state index contributed by atoms with van der Waals surface area (Å²) >= 11 is 0. The quantitative estimate of drug-likeness (QED) is 0.150. The number of phosphoric acid groups is 1. The standard InChI is InChI=1S/C19H40NO7P/c1-5-6-7-8-9-10-11-12-13-19(22)25-16-18(21)17-27-28(23,24)26-15-14-20(2,3)4/h18,21H,5-17H2,1-4H3/p+1/t18-/m1/s1. The lowest BCUT2D eigenvalue weighted by Gasteiger charge is -2.24. The van der Waals surface area contributed by atoms with Crippen LogP contribution in [0.15, 0.2) is 0 Å². The molecule has 0 aliphatic carbocycles. The second-order valence-corrected chi connectivity index (χ2v) is 9.63. The fraction of sp³-hybridized carbons (Fsp3) is 0.947. The van der Waals surface area contributed by atoms with E-state index in [2.05, 4.69) is 6.92 Å². The summed E-state index contributed by atoms with van der Waals surface area (Å²) in [5.41, 5.74) is 0. The molecule has 2 atom stereocenters. The first-order valence-electron chi connectivity index (χ1n) is 10.3. The number of phosphoric ester groups is 1. The van der Waals surface area contributed by atoms with E-state index in [0.29, 0.717) is 17.4 Å². The Bertz CT molecular complexity index is 454. The number of carbonyl (C=O) groups excluding carboxylic acids is 1. The van der Waals surface area contributed by atoms with Gasteiger partial charge in [-0.15, -0.1) is 0 Å². The molecule has 168 valence electrons. The number of ether oxygens (including phenoxy) is 1. The van der Waals surface area contributed by atoms with E-state index in [9.17, 15) is 19.4 Å². The zero-order valence-electron chi connectivity index (χ0n) is 18.1. The van der Waals surface area contributed by atoms with Crippen LogP contribution in [0.5, 0.6) is 0 Å². The van der Waals surface area contributed by atoms with E-state index in [0.717, 1.165) is 19.3 Å². The number of quaternary nitrogens is 1. The van der Waals surface area contributed by atoms with Crippen molar-refractivity contribution in [2.24, 2.45) is 0 Å². The number of hydrogen-bond donors (Lipinski definition) is 2. The molecule has 0 rings (SSSR count). The molecule has 2 N–H and O–H groups in total. The average molecular weight is 427 g/mol. The molecule has 0 aliphatic rings. The van der Waals surface area contributed by atoms with Gasteiger partial charge in [-0.1, -0.05) is 51.9 Å². The number of aliphatic hydroxyl groups is 1. The number of aliphatic hydroxyl groups excluding tert-OH is 1. The Balaban J connectivity index is 3.72. The SMILES string of the molecule is CCCCCCCCCCC(=O)OC[C@@H](O)COP(=O)(O)OCC[N+](C)(C)C. The molecule has 8 nitrogen and oxygen atoms in total. The third-order valence-electron chi connectivity index (χ3n) is 4.12. The van der Waals surface area contributed by atoms with E-state index >= 15 is 0 Å². The molecule has 0 amide bonds. The molecular weight excluding hydrogens is 385 g/mol. The van der Waals surface area contributed by atoms with E-state index in [1.165, 1.54) is 32.1 Å². The van der Waals surface area contributed by atoms with Gasteiger partial charge < -0.3 is 19.2 Å². The largest absolute Gasteiger partial charge is 0.472 e. The lowest BCUT2D eigenvalue weighted by atomic mass is 10.1. The smallest absolute Gasteiger partial charge is 0.463 e. The Kier molecular flexibility index (Phi) is 15.1. The van der Waals surface area contributed by atoms with Crippen LogP contribution < -0.4 is 0 Å². The van der Waals surface area contributed by atoms with Crippen LogP contribution in [-0.2, 0) is 23.1 Å². The van der Waals surface area contributed by atoms with Gasteiger partial charge in [0.2, 0.25) is 0 Å². The van der Waals surface area contributed by atoms with Crippen LogP contribution in [0.3, 0.4) is 0 Å². The van der Waals surface area contributed by atoms with Gasteiger partial charge in [-0.2, -0.15) is 0 Å². The highest BCUT2D eigenvalue weighted by atomic mass is 31.2. The van der Waals surface area contributed by atoms with Crippen molar-refractivity contribution >= 4 is 13.8 Å². The lowest BCUT2D eigenvalue weighted by molar-refractivity contribution is -0.870. The third-order valence-corrected chi connectivity index (χ3v) is 5.10. The number of rotatable bonds is 18. The van der Waals surface area contributed by atoms with Gasteiger partial charge in [-0.25, -0.2) is 4.57 Å². The first-order chi connectivity index (χ1) is 13.1. The van der Waals surface area contributed by atoms with Crippen molar-refractivity contribution in [3.8, 4) is 0 Å². The topological polar surface area (TPSA) is 102 Å². The minimum atomic E-state index is -4.23. The number of hydrogen-bond acceptors (Lipinski definition) is 6. The molecule has 0 spiro atoms. The van der Waals surface area contributed by atoms with Gasteiger partial charge in [0.15, 0.2) is 0 Å². The minimum Gasteiger partial charge on any atom is -0.463 e. The summed E-state index contributed by atoms with van der Waals surface area (Å²) in [5.74, 6) is -0.378. The first kappa shape index (κ1) is 27.5. The second kappa shape index (κ2) is 15.4. The van der Waals surface area contributed by atoms with Crippen LogP contribution in [0.4, 0.5) is 0 Å². The van der Waals surface area contributed by atoms with E-state index in [1.54, 1.807) is 0 Å². The maximum atomic E-state index is 11.7. The zero-order valence-corrected chi connectivity index (χ0v) is 19.0. The highest BCUT2D eigenvalue weighted by Crippen LogP contribution is 2.43. The van der Waals surface area contributed by atoms with Crippen molar-refractivity contribution in [2.75, 3.05) is 47.5 Å². The Hall–Kier alpha value is -0.500. The number of likely N-dealkylation sites (N-methyl/N-ethyl adjacent to an activating group) is 1. The van der Waals surface area contributed by atoms with Gasteiger partial charge in [0.25, 0.3) is 0 Å². The Morgan fingerprint density at radius 2 is 1.54 bits per heavy atom. The molecule has 0 aliphatic heterocycles. The summed E-state index contributed by atoms with van der Waals surface area (Å²) < 4.78 is 26.8. The normalized spacial score (nSPS) is 15.2. The maximum absolute atomic E-state index is 11.7. The predicted octanol–water partition coefficient (Wildman–Crippen LogP) is 3.26. The first-order valence-corrected chi connectivity index (χ1v) is 11.8. The summed E-state index contributed by atoms with van der Waals surface area (Å²) in [6, 6.07) is 0. The third kappa shape index (κ3) is 18.8. The molecule has 0 saturated carbocycles. The van der Waals surface area contributed by atoms with Crippen molar-refractivity contribution in [1.29, 1.82) is 0 Å². The van der Waals surface area contributed by atoms with Gasteiger partial charge in [0, 0.05) is 6.42 Å². The second-order valence-electron chi connectivity index (χ2n) is 8.17. The van der Waals surface area contributed by atoms with E-state index < -0.39 is 20.5 Å². The van der Waals surface area contributed by atoms with Gasteiger partial charge in [0.1, 0.15) is 25.9 Å². The zero-order chi connectivity index (χ0) is 21.5. The molecule has 0 aromatic rings. The van der Waals surface area contributed by atoms with Gasteiger partial charge in [0.05, 0.1) is 27.7 Å². The number of nitrogens with zero attached hydrogens (tertiary/aromatic N) is 1. The van der Waals surface area contributed by atoms with Crippen molar-refractivity contribution in [3.63, 3.8) is 0 Å². The van der Waals surface area contributed by atoms with Crippen molar-refractivity contribution < 1.29 is 37.6 Å². The van der Waals surface area contributed by atoms with Crippen LogP contribution in [0.25, 0.3) is 0 Å². The van der Waals surface area contributed by atoms with Crippen LogP contribution in [-0.4, -0.2) is 74.1 Å². The van der Waals surface area contributed by atoms with Crippen molar-refractivity contribution in [1.82, 2.24) is 0 Å². The summed E-state index contributed by atoms with van der Waals surface area (Å²) in [6.45, 7) is 2.07. The molecule has 0 radical (unpaired) electrons. The fourth-order valence-electron chi connectivity index (χ4n) is 2.36. The predicted molar refractivity (Wildman–Crippen MR) is 109 cm³/mol. The molecule has 28 heavy (non-hydrogen) atoms. The van der Waals surface area contributed by atoms with Gasteiger partial charge >= 0.3 is 13.8 Å². The molecule has 0 bridgehead atoms. The monoisotopic (exact) mass is 426 g/mol. The molecule has 0 aromatic heterocycles. The van der Waals surface area contributed by atoms with Crippen LogP contribution in [0.1, 0.15) is 64.7 Å².